The molecule has 3 rings (SSSR count). The number of thioether (sulfide) groups is 1. The molecule has 2 aromatic rings. The number of benzene rings is 2. The van der Waals surface area contributed by atoms with E-state index in [0.717, 1.165) is 11.8 Å². The number of anilines is 1. The number of nitriles is 1. The van der Waals surface area contributed by atoms with Crippen molar-refractivity contribution in [2.75, 3.05) is 18.2 Å². The van der Waals surface area contributed by atoms with E-state index in [1.807, 2.05) is 0 Å². The lowest BCUT2D eigenvalue weighted by Gasteiger charge is -2.30. The summed E-state index contributed by atoms with van der Waals surface area (Å²) >= 11 is 0.971. The largest absolute Gasteiger partial charge is 0.468 e. The fourth-order valence-corrected chi connectivity index (χ4v) is 4.06. The summed E-state index contributed by atoms with van der Waals surface area (Å²) in [5.74, 6) is -4.36. The van der Waals surface area contributed by atoms with E-state index in [-0.39, 0.29) is 16.4 Å². The van der Waals surface area contributed by atoms with Crippen LogP contribution in [0, 0.1) is 23.1 Å². The molecular weight excluding hydrogens is 421 g/mol. The Hall–Kier alpha value is -3.64. The van der Waals surface area contributed by atoms with Crippen molar-refractivity contribution in [3.05, 3.63) is 76.6 Å². The maximum atomic E-state index is 13.0. The summed E-state index contributed by atoms with van der Waals surface area (Å²) < 4.78 is 17.8. The highest BCUT2D eigenvalue weighted by Crippen LogP contribution is 2.40. The van der Waals surface area contributed by atoms with E-state index < -0.39 is 35.4 Å². The molecular formula is C22H18FN3O4S. The summed E-state index contributed by atoms with van der Waals surface area (Å²) in [7, 11) is 1.18. The predicted molar refractivity (Wildman–Crippen MR) is 113 cm³/mol. The van der Waals surface area contributed by atoms with Crippen LogP contribution in [0.5, 0.6) is 0 Å². The molecule has 2 aromatic carbocycles. The average Bonchev–Trinajstić information content (AvgIpc) is 2.78. The fourth-order valence-electron chi connectivity index (χ4n) is 3.21. The molecule has 0 aliphatic carbocycles. The van der Waals surface area contributed by atoms with Crippen molar-refractivity contribution in [2.45, 2.75) is 5.92 Å². The van der Waals surface area contributed by atoms with Gasteiger partial charge in [0.25, 0.3) is 0 Å². The summed E-state index contributed by atoms with van der Waals surface area (Å²) in [4.78, 5) is 37.3. The van der Waals surface area contributed by atoms with Gasteiger partial charge in [-0.2, -0.15) is 5.26 Å². The Kier molecular flexibility index (Phi) is 7.05. The van der Waals surface area contributed by atoms with Crippen molar-refractivity contribution in [2.24, 2.45) is 5.92 Å². The Balaban J connectivity index is 1.85. The zero-order valence-electron chi connectivity index (χ0n) is 16.4. The number of halogens is 1. The van der Waals surface area contributed by atoms with Crippen LogP contribution in [0.25, 0.3) is 0 Å². The van der Waals surface area contributed by atoms with Crippen molar-refractivity contribution in [3.8, 4) is 6.07 Å². The van der Waals surface area contributed by atoms with Crippen molar-refractivity contribution in [1.29, 1.82) is 5.26 Å². The third-order valence-corrected chi connectivity index (χ3v) is 5.64. The molecule has 0 bridgehead atoms. The van der Waals surface area contributed by atoms with Crippen molar-refractivity contribution in [3.63, 3.8) is 0 Å². The number of methoxy groups -OCH3 is 1. The first-order valence-electron chi connectivity index (χ1n) is 9.20. The number of rotatable bonds is 6. The van der Waals surface area contributed by atoms with Gasteiger partial charge in [0.2, 0.25) is 11.8 Å². The highest BCUT2D eigenvalue weighted by Gasteiger charge is 2.44. The van der Waals surface area contributed by atoms with Gasteiger partial charge in [-0.25, -0.2) is 4.39 Å². The zero-order chi connectivity index (χ0) is 22.4. The lowest BCUT2D eigenvalue weighted by molar-refractivity contribution is -0.150. The summed E-state index contributed by atoms with van der Waals surface area (Å²) in [5.41, 5.74) is 1.20. The third-order valence-electron chi connectivity index (χ3n) is 4.62. The minimum Gasteiger partial charge on any atom is -0.468 e. The van der Waals surface area contributed by atoms with Crippen LogP contribution >= 0.6 is 11.8 Å². The molecule has 158 valence electrons. The van der Waals surface area contributed by atoms with Gasteiger partial charge in [0, 0.05) is 11.6 Å². The van der Waals surface area contributed by atoms with E-state index in [0.29, 0.717) is 11.3 Å². The van der Waals surface area contributed by atoms with Crippen LogP contribution in [0.3, 0.4) is 0 Å². The van der Waals surface area contributed by atoms with Crippen LogP contribution in [0.4, 0.5) is 10.1 Å². The highest BCUT2D eigenvalue weighted by molar-refractivity contribution is 8.03. The molecule has 9 heteroatoms. The van der Waals surface area contributed by atoms with Gasteiger partial charge >= 0.3 is 5.97 Å². The second kappa shape index (κ2) is 9.91. The Morgan fingerprint density at radius 1 is 1.19 bits per heavy atom. The summed E-state index contributed by atoms with van der Waals surface area (Å²) in [6, 6.07) is 16.1. The van der Waals surface area contributed by atoms with Gasteiger partial charge in [0.15, 0.2) is 0 Å². The van der Waals surface area contributed by atoms with Gasteiger partial charge in [0.1, 0.15) is 11.7 Å². The molecule has 0 aromatic heterocycles. The molecule has 2 amide bonds. The van der Waals surface area contributed by atoms with Crippen LogP contribution < -0.4 is 10.6 Å². The summed E-state index contributed by atoms with van der Waals surface area (Å²) in [6.07, 6.45) is 0. The maximum absolute atomic E-state index is 13.0. The van der Waals surface area contributed by atoms with Crippen LogP contribution in [0.15, 0.2) is 65.2 Å². The Morgan fingerprint density at radius 2 is 1.87 bits per heavy atom. The number of carbonyl (C=O) groups excluding carboxylic acids is 3. The van der Waals surface area contributed by atoms with E-state index in [2.05, 4.69) is 16.7 Å². The molecule has 2 atom stereocenters. The molecule has 0 saturated carbocycles. The zero-order valence-corrected chi connectivity index (χ0v) is 17.2. The highest BCUT2D eigenvalue weighted by atomic mass is 32.2. The third kappa shape index (κ3) is 5.10. The molecule has 0 saturated heterocycles. The van der Waals surface area contributed by atoms with Crippen LogP contribution in [-0.2, 0) is 19.1 Å². The van der Waals surface area contributed by atoms with Gasteiger partial charge in [0.05, 0.1) is 29.5 Å². The van der Waals surface area contributed by atoms with E-state index in [1.165, 1.54) is 31.4 Å². The van der Waals surface area contributed by atoms with Gasteiger partial charge in [-0.3, -0.25) is 14.4 Å². The number of nitrogens with one attached hydrogen (secondary N) is 2. The summed E-state index contributed by atoms with van der Waals surface area (Å²) in [6.45, 7) is 0. The average molecular weight is 439 g/mol. The van der Waals surface area contributed by atoms with Gasteiger partial charge < -0.3 is 15.4 Å². The van der Waals surface area contributed by atoms with Crippen molar-refractivity contribution < 1.29 is 23.5 Å². The molecule has 0 radical (unpaired) electrons. The quantitative estimate of drug-likeness (QED) is 0.529. The first kappa shape index (κ1) is 22.1. The lowest BCUT2D eigenvalue weighted by Crippen LogP contribution is -2.44. The number of amides is 2. The Morgan fingerprint density at radius 3 is 2.48 bits per heavy atom. The molecule has 0 fully saturated rings. The lowest BCUT2D eigenvalue weighted by atomic mass is 9.78. The Bertz CT molecular complexity index is 1060. The van der Waals surface area contributed by atoms with E-state index >= 15 is 0 Å². The standard InChI is InChI=1S/C22H18FN3O4S/c1-30-22(29)19-18(13-5-3-2-4-6-13)16(11-24)21(26-20(19)28)31-12-17(27)25-15-9-7-14(23)8-10-15/h2-10,18-19H,12H2,1H3,(H,25,27)(H,26,28)/t18-,19-/m1/s1. The first-order chi connectivity index (χ1) is 14.9. The minimum atomic E-state index is -1.22. The van der Waals surface area contributed by atoms with E-state index in [4.69, 9.17) is 4.74 Å². The number of hydrogen-bond donors (Lipinski definition) is 2. The molecule has 0 unspecified atom stereocenters. The van der Waals surface area contributed by atoms with Crippen LogP contribution in [0.2, 0.25) is 0 Å². The number of allylic oxidation sites excluding steroid dienone is 1. The smallest absolute Gasteiger partial charge is 0.319 e. The predicted octanol–water partition coefficient (Wildman–Crippen LogP) is 2.94. The second-order valence-electron chi connectivity index (χ2n) is 6.58. The minimum absolute atomic E-state index is 0.109. The molecule has 1 aliphatic heterocycles. The topological polar surface area (TPSA) is 108 Å². The Labute approximate surface area is 182 Å². The second-order valence-corrected chi connectivity index (χ2v) is 7.56. The number of carbonyl (C=O) groups is 3. The molecule has 1 heterocycles. The maximum Gasteiger partial charge on any atom is 0.319 e. The van der Waals surface area contributed by atoms with E-state index in [1.54, 1.807) is 30.3 Å². The number of hydrogen-bond acceptors (Lipinski definition) is 6. The van der Waals surface area contributed by atoms with E-state index in [9.17, 15) is 24.0 Å². The van der Waals surface area contributed by atoms with Crippen LogP contribution in [0.1, 0.15) is 11.5 Å². The number of nitrogens with zero attached hydrogens (tertiary/aromatic N) is 1. The molecule has 0 spiro atoms. The van der Waals surface area contributed by atoms with Gasteiger partial charge in [-0.05, 0) is 29.8 Å². The van der Waals surface area contributed by atoms with Crippen molar-refractivity contribution in [1.82, 2.24) is 5.32 Å². The SMILES string of the molecule is COC(=O)[C@H]1C(=O)NC(SCC(=O)Nc2ccc(F)cc2)=C(C#N)[C@H]1c1ccccc1. The molecule has 2 N–H and O–H groups in total. The van der Waals surface area contributed by atoms with Gasteiger partial charge in [-0.1, -0.05) is 42.1 Å². The molecule has 31 heavy (non-hydrogen) atoms. The number of esters is 1. The van der Waals surface area contributed by atoms with Gasteiger partial charge in [-0.15, -0.1) is 0 Å². The fraction of sp³-hybridized carbons (Fsp3) is 0.182. The number of ether oxygens (including phenoxy) is 1. The van der Waals surface area contributed by atoms with Crippen molar-refractivity contribution >= 4 is 35.2 Å². The molecule has 7 nitrogen and oxygen atoms in total. The first-order valence-corrected chi connectivity index (χ1v) is 10.2. The van der Waals surface area contributed by atoms with Crippen LogP contribution in [-0.4, -0.2) is 30.6 Å². The monoisotopic (exact) mass is 439 g/mol. The normalized spacial score (nSPS) is 18.0. The molecule has 1 aliphatic rings. The summed E-state index contributed by atoms with van der Waals surface area (Å²) in [5, 5.41) is 15.2.